The molecule has 0 unspecified atom stereocenters. The van der Waals surface area contributed by atoms with Gasteiger partial charge in [-0.1, -0.05) is 29.8 Å². The molecule has 24 heavy (non-hydrogen) atoms. The maximum atomic E-state index is 12.3. The first-order valence-electron chi connectivity index (χ1n) is 8.03. The molecule has 1 amide bonds. The quantitative estimate of drug-likeness (QED) is 0.894. The molecule has 3 rings (SSSR count). The number of benzene rings is 1. The summed E-state index contributed by atoms with van der Waals surface area (Å²) >= 11 is 5.80. The third-order valence-electron chi connectivity index (χ3n) is 4.18. The molecule has 0 radical (unpaired) electrons. The van der Waals surface area contributed by atoms with Crippen LogP contribution in [0.5, 0.6) is 0 Å². The number of carbonyl (C=O) groups excluding carboxylic acids is 1. The second-order valence-corrected chi connectivity index (χ2v) is 6.42. The van der Waals surface area contributed by atoms with Crippen molar-refractivity contribution >= 4 is 23.2 Å². The molecular weight excluding hydrogens is 326 g/mol. The fourth-order valence-electron chi connectivity index (χ4n) is 2.79. The molecule has 0 saturated carbocycles. The van der Waals surface area contributed by atoms with Gasteiger partial charge in [-0.25, -0.2) is 4.98 Å². The van der Waals surface area contributed by atoms with E-state index in [-0.39, 0.29) is 12.0 Å². The van der Waals surface area contributed by atoms with Crippen molar-refractivity contribution < 1.29 is 9.90 Å². The maximum Gasteiger partial charge on any atom is 0.274 e. The zero-order valence-corrected chi connectivity index (χ0v) is 14.0. The second kappa shape index (κ2) is 7.75. The zero-order chi connectivity index (χ0) is 16.9. The van der Waals surface area contributed by atoms with Crippen molar-refractivity contribution in [3.05, 3.63) is 58.9 Å². The fourth-order valence-corrected chi connectivity index (χ4v) is 2.91. The molecule has 2 N–H and O–H groups in total. The fraction of sp³-hybridized carbons (Fsp3) is 0.333. The first-order chi connectivity index (χ1) is 11.6. The first-order valence-corrected chi connectivity index (χ1v) is 8.41. The highest BCUT2D eigenvalue weighted by Crippen LogP contribution is 2.20. The summed E-state index contributed by atoms with van der Waals surface area (Å²) in [5, 5.41) is 13.0. The van der Waals surface area contributed by atoms with E-state index >= 15 is 0 Å². The predicted octanol–water partition coefficient (Wildman–Crippen LogP) is 2.94. The summed E-state index contributed by atoms with van der Waals surface area (Å²) in [5.41, 5.74) is 2.16. The minimum absolute atomic E-state index is 0.188. The molecule has 1 aromatic heterocycles. The van der Waals surface area contributed by atoms with Crippen LogP contribution in [0.1, 0.15) is 28.9 Å². The summed E-state index contributed by atoms with van der Waals surface area (Å²) < 4.78 is 0. The van der Waals surface area contributed by atoms with Crippen LogP contribution in [0, 0.1) is 0 Å². The summed E-state index contributed by atoms with van der Waals surface area (Å²) in [6.07, 6.45) is 2.86. The molecule has 0 atom stereocenters. The lowest BCUT2D eigenvalue weighted by atomic mass is 10.1. The molecule has 1 aliphatic heterocycles. The van der Waals surface area contributed by atoms with Gasteiger partial charge >= 0.3 is 0 Å². The summed E-state index contributed by atoms with van der Waals surface area (Å²) in [6.45, 7) is 2.47. The Morgan fingerprint density at radius 3 is 2.71 bits per heavy atom. The van der Waals surface area contributed by atoms with Crippen LogP contribution in [-0.4, -0.2) is 40.1 Å². The predicted molar refractivity (Wildman–Crippen MR) is 94.2 cm³/mol. The number of hydrogen-bond acceptors (Lipinski definition) is 4. The van der Waals surface area contributed by atoms with Gasteiger partial charge in [0.25, 0.3) is 5.91 Å². The number of pyridine rings is 1. The highest BCUT2D eigenvalue weighted by Gasteiger charge is 2.18. The molecule has 0 spiro atoms. The average molecular weight is 346 g/mol. The number of aliphatic hydroxyl groups is 1. The van der Waals surface area contributed by atoms with Crippen molar-refractivity contribution in [2.45, 2.75) is 25.5 Å². The molecular formula is C18H20ClN3O2. The number of likely N-dealkylation sites (tertiary alicyclic amines) is 1. The van der Waals surface area contributed by atoms with E-state index in [1.165, 1.54) is 6.20 Å². The Hall–Kier alpha value is -1.95. The van der Waals surface area contributed by atoms with E-state index in [2.05, 4.69) is 15.2 Å². The van der Waals surface area contributed by atoms with Gasteiger partial charge in [-0.3, -0.25) is 9.69 Å². The van der Waals surface area contributed by atoms with Crippen LogP contribution >= 0.6 is 11.6 Å². The van der Waals surface area contributed by atoms with Crippen LogP contribution in [0.3, 0.4) is 0 Å². The smallest absolute Gasteiger partial charge is 0.274 e. The number of para-hydroxylation sites is 1. The zero-order valence-electron chi connectivity index (χ0n) is 13.3. The van der Waals surface area contributed by atoms with Crippen LogP contribution in [0.2, 0.25) is 5.02 Å². The van der Waals surface area contributed by atoms with E-state index in [1.807, 2.05) is 24.3 Å². The number of aliphatic hydroxyl groups excluding tert-OH is 1. The number of anilines is 1. The normalized spacial score (nSPS) is 16.1. The Morgan fingerprint density at radius 1 is 1.25 bits per heavy atom. The molecule has 6 heteroatoms. The number of nitrogens with zero attached hydrogens (tertiary/aromatic N) is 2. The van der Waals surface area contributed by atoms with Crippen molar-refractivity contribution in [2.24, 2.45) is 0 Å². The molecule has 1 saturated heterocycles. The van der Waals surface area contributed by atoms with Crippen LogP contribution in [0.25, 0.3) is 0 Å². The monoisotopic (exact) mass is 345 g/mol. The molecule has 1 fully saturated rings. The Bertz CT molecular complexity index is 698. The maximum absolute atomic E-state index is 12.3. The molecule has 5 nitrogen and oxygen atoms in total. The molecule has 0 aliphatic carbocycles. The molecule has 2 aromatic rings. The van der Waals surface area contributed by atoms with Gasteiger partial charge in [0, 0.05) is 31.5 Å². The van der Waals surface area contributed by atoms with Crippen LogP contribution in [-0.2, 0) is 6.54 Å². The van der Waals surface area contributed by atoms with E-state index in [1.54, 1.807) is 12.1 Å². The number of aromatic nitrogens is 1. The molecule has 2 heterocycles. The van der Waals surface area contributed by atoms with Gasteiger partial charge in [0.2, 0.25) is 0 Å². The van der Waals surface area contributed by atoms with Crippen molar-refractivity contribution in [1.82, 2.24) is 9.88 Å². The lowest BCUT2D eigenvalue weighted by Crippen LogP contribution is -2.35. The Balaban J connectivity index is 1.69. The minimum Gasteiger partial charge on any atom is -0.393 e. The van der Waals surface area contributed by atoms with Crippen molar-refractivity contribution in [3.63, 3.8) is 0 Å². The number of halogens is 1. The number of carbonyl (C=O) groups is 1. The van der Waals surface area contributed by atoms with Gasteiger partial charge in [0.05, 0.1) is 11.1 Å². The largest absolute Gasteiger partial charge is 0.393 e. The Kier molecular flexibility index (Phi) is 5.45. The van der Waals surface area contributed by atoms with E-state index in [0.29, 0.717) is 10.7 Å². The Labute approximate surface area is 146 Å². The lowest BCUT2D eigenvalue weighted by molar-refractivity contribution is 0.0793. The van der Waals surface area contributed by atoms with E-state index < -0.39 is 0 Å². The third kappa shape index (κ3) is 4.32. The summed E-state index contributed by atoms with van der Waals surface area (Å²) in [5.74, 6) is -0.256. The molecule has 0 bridgehead atoms. The van der Waals surface area contributed by atoms with Crippen LogP contribution in [0.4, 0.5) is 5.69 Å². The lowest BCUT2D eigenvalue weighted by Gasteiger charge is -2.30. The van der Waals surface area contributed by atoms with Crippen molar-refractivity contribution in [3.8, 4) is 0 Å². The van der Waals surface area contributed by atoms with Gasteiger partial charge in [-0.2, -0.15) is 0 Å². The van der Waals surface area contributed by atoms with Crippen molar-refractivity contribution in [2.75, 3.05) is 18.4 Å². The van der Waals surface area contributed by atoms with Crippen LogP contribution in [0.15, 0.2) is 42.6 Å². The van der Waals surface area contributed by atoms with Gasteiger partial charge in [-0.15, -0.1) is 0 Å². The van der Waals surface area contributed by atoms with Gasteiger partial charge < -0.3 is 10.4 Å². The van der Waals surface area contributed by atoms with E-state index in [9.17, 15) is 9.90 Å². The van der Waals surface area contributed by atoms with Crippen LogP contribution < -0.4 is 5.32 Å². The van der Waals surface area contributed by atoms with E-state index in [4.69, 9.17) is 11.6 Å². The number of hydrogen-bond donors (Lipinski definition) is 2. The standard InChI is InChI=1S/C18H20ClN3O2/c19-14-5-6-17(20-11-14)18(24)21-16-4-2-1-3-13(16)12-22-9-7-15(23)8-10-22/h1-6,11,15,23H,7-10,12H2,(H,21,24). The minimum atomic E-state index is -0.256. The molecule has 1 aliphatic rings. The third-order valence-corrected chi connectivity index (χ3v) is 4.40. The topological polar surface area (TPSA) is 65.5 Å². The number of piperidine rings is 1. The second-order valence-electron chi connectivity index (χ2n) is 5.98. The molecule has 1 aromatic carbocycles. The van der Waals surface area contributed by atoms with E-state index in [0.717, 1.165) is 43.7 Å². The highest BCUT2D eigenvalue weighted by molar-refractivity contribution is 6.30. The Morgan fingerprint density at radius 2 is 2.00 bits per heavy atom. The first kappa shape index (κ1) is 16.9. The summed E-state index contributed by atoms with van der Waals surface area (Å²) in [4.78, 5) is 18.7. The van der Waals surface area contributed by atoms with Crippen molar-refractivity contribution in [1.29, 1.82) is 0 Å². The van der Waals surface area contributed by atoms with Gasteiger partial charge in [-0.05, 0) is 36.6 Å². The van der Waals surface area contributed by atoms with Gasteiger partial charge in [0.1, 0.15) is 5.69 Å². The SMILES string of the molecule is O=C(Nc1ccccc1CN1CCC(O)CC1)c1ccc(Cl)cn1. The number of nitrogens with one attached hydrogen (secondary N) is 1. The van der Waals surface area contributed by atoms with Gasteiger partial charge in [0.15, 0.2) is 0 Å². The molecule has 126 valence electrons. The number of rotatable bonds is 4. The number of amides is 1. The highest BCUT2D eigenvalue weighted by atomic mass is 35.5. The average Bonchev–Trinajstić information content (AvgIpc) is 2.59. The summed E-state index contributed by atoms with van der Waals surface area (Å²) in [6, 6.07) is 11.0. The summed E-state index contributed by atoms with van der Waals surface area (Å²) in [7, 11) is 0.